The van der Waals surface area contributed by atoms with Gasteiger partial charge in [-0.1, -0.05) is 0 Å². The van der Waals surface area contributed by atoms with Crippen molar-refractivity contribution in [2.45, 2.75) is 37.3 Å². The standard InChI is InChI=1S/C11H18N4O/c1-13-11(10(12)16)5-2-4-9(8-11)15-7-3-6-14-15/h3,6-7,9,13H,2,4-5,8H2,1H3,(H2,12,16). The number of nitrogens with two attached hydrogens (primary N) is 1. The topological polar surface area (TPSA) is 72.9 Å². The number of primary amides is 1. The van der Waals surface area contributed by atoms with E-state index in [1.54, 1.807) is 13.2 Å². The van der Waals surface area contributed by atoms with E-state index in [0.717, 1.165) is 25.7 Å². The van der Waals surface area contributed by atoms with Crippen LogP contribution in [0.3, 0.4) is 0 Å². The van der Waals surface area contributed by atoms with Gasteiger partial charge in [-0.15, -0.1) is 0 Å². The van der Waals surface area contributed by atoms with Gasteiger partial charge in [-0.05, 0) is 38.8 Å². The van der Waals surface area contributed by atoms with Gasteiger partial charge in [0, 0.05) is 12.4 Å². The van der Waals surface area contributed by atoms with Crippen LogP contribution in [0.15, 0.2) is 18.5 Å². The number of hydrogen-bond donors (Lipinski definition) is 2. The zero-order valence-electron chi connectivity index (χ0n) is 9.52. The molecule has 2 rings (SSSR count). The summed E-state index contributed by atoms with van der Waals surface area (Å²) in [6.07, 6.45) is 7.29. The van der Waals surface area contributed by atoms with Gasteiger partial charge in [0.25, 0.3) is 0 Å². The minimum Gasteiger partial charge on any atom is -0.368 e. The number of likely N-dealkylation sites (N-methyl/N-ethyl adjacent to an activating group) is 1. The van der Waals surface area contributed by atoms with E-state index in [-0.39, 0.29) is 11.9 Å². The molecule has 2 unspecified atom stereocenters. The predicted molar refractivity (Wildman–Crippen MR) is 60.7 cm³/mol. The van der Waals surface area contributed by atoms with Crippen LogP contribution in [0.2, 0.25) is 0 Å². The van der Waals surface area contributed by atoms with Crippen molar-refractivity contribution in [2.24, 2.45) is 5.73 Å². The summed E-state index contributed by atoms with van der Waals surface area (Å²) in [6.45, 7) is 0. The molecule has 1 aliphatic carbocycles. The first kappa shape index (κ1) is 11.1. The Morgan fingerprint density at radius 3 is 3.06 bits per heavy atom. The second kappa shape index (κ2) is 4.25. The minimum atomic E-state index is -0.561. The van der Waals surface area contributed by atoms with Crippen molar-refractivity contribution >= 4 is 5.91 Å². The Hall–Kier alpha value is -1.36. The molecular weight excluding hydrogens is 204 g/mol. The number of hydrogen-bond acceptors (Lipinski definition) is 3. The smallest absolute Gasteiger partial charge is 0.237 e. The molecule has 1 fully saturated rings. The first-order chi connectivity index (χ1) is 7.68. The Morgan fingerprint density at radius 2 is 2.50 bits per heavy atom. The van der Waals surface area contributed by atoms with Gasteiger partial charge in [-0.3, -0.25) is 9.48 Å². The van der Waals surface area contributed by atoms with Gasteiger partial charge in [-0.2, -0.15) is 5.10 Å². The summed E-state index contributed by atoms with van der Waals surface area (Å²) in [5.41, 5.74) is 4.94. The highest BCUT2D eigenvalue weighted by atomic mass is 16.1. The first-order valence-electron chi connectivity index (χ1n) is 5.66. The predicted octanol–water partition coefficient (Wildman–Crippen LogP) is 0.442. The lowest BCUT2D eigenvalue weighted by molar-refractivity contribution is -0.126. The molecule has 2 atom stereocenters. The number of nitrogens with one attached hydrogen (secondary N) is 1. The fraction of sp³-hybridized carbons (Fsp3) is 0.636. The molecule has 16 heavy (non-hydrogen) atoms. The lowest BCUT2D eigenvalue weighted by Gasteiger charge is -2.38. The molecule has 0 radical (unpaired) electrons. The SMILES string of the molecule is CNC1(C(N)=O)CCCC(n2cccn2)C1. The molecule has 1 aromatic rings. The third-order valence-corrected chi connectivity index (χ3v) is 3.57. The minimum absolute atomic E-state index is 0.258. The number of amides is 1. The van der Waals surface area contributed by atoms with E-state index < -0.39 is 5.54 Å². The molecule has 0 spiro atoms. The fourth-order valence-electron chi connectivity index (χ4n) is 2.54. The van der Waals surface area contributed by atoms with E-state index in [2.05, 4.69) is 10.4 Å². The van der Waals surface area contributed by atoms with Crippen LogP contribution in [0, 0.1) is 0 Å². The van der Waals surface area contributed by atoms with Crippen LogP contribution in [-0.2, 0) is 4.79 Å². The summed E-state index contributed by atoms with van der Waals surface area (Å²) >= 11 is 0. The van der Waals surface area contributed by atoms with Gasteiger partial charge in [0.05, 0.1) is 11.6 Å². The summed E-state index contributed by atoms with van der Waals surface area (Å²) in [7, 11) is 1.80. The van der Waals surface area contributed by atoms with Crippen molar-refractivity contribution in [3.05, 3.63) is 18.5 Å². The van der Waals surface area contributed by atoms with Gasteiger partial charge in [0.1, 0.15) is 0 Å². The van der Waals surface area contributed by atoms with Crippen LogP contribution < -0.4 is 11.1 Å². The number of nitrogens with zero attached hydrogens (tertiary/aromatic N) is 2. The molecule has 1 aliphatic rings. The molecule has 5 heteroatoms. The van der Waals surface area contributed by atoms with E-state index in [0.29, 0.717) is 0 Å². The Balaban J connectivity index is 2.18. The van der Waals surface area contributed by atoms with Crippen LogP contribution in [0.1, 0.15) is 31.7 Å². The summed E-state index contributed by atoms with van der Waals surface area (Å²) < 4.78 is 1.92. The Morgan fingerprint density at radius 1 is 1.69 bits per heavy atom. The van der Waals surface area contributed by atoms with Gasteiger partial charge in [-0.25, -0.2) is 0 Å². The van der Waals surface area contributed by atoms with Crippen LogP contribution >= 0.6 is 0 Å². The molecule has 1 aromatic heterocycles. The maximum absolute atomic E-state index is 11.6. The first-order valence-corrected chi connectivity index (χ1v) is 5.66. The second-order valence-corrected chi connectivity index (χ2v) is 4.43. The van der Waals surface area contributed by atoms with Crippen LogP contribution in [0.5, 0.6) is 0 Å². The largest absolute Gasteiger partial charge is 0.368 e. The molecule has 1 heterocycles. The summed E-state index contributed by atoms with van der Waals surface area (Å²) in [4.78, 5) is 11.6. The number of carbonyl (C=O) groups is 1. The molecule has 5 nitrogen and oxygen atoms in total. The third-order valence-electron chi connectivity index (χ3n) is 3.57. The van der Waals surface area contributed by atoms with Crippen molar-refractivity contribution in [3.8, 4) is 0 Å². The highest BCUT2D eigenvalue weighted by molar-refractivity contribution is 5.84. The van der Waals surface area contributed by atoms with E-state index in [9.17, 15) is 4.79 Å². The zero-order valence-corrected chi connectivity index (χ0v) is 9.52. The molecule has 1 amide bonds. The van der Waals surface area contributed by atoms with Gasteiger partial charge in [0.2, 0.25) is 5.91 Å². The molecule has 0 aliphatic heterocycles. The van der Waals surface area contributed by atoms with Crippen molar-refractivity contribution < 1.29 is 4.79 Å². The highest BCUT2D eigenvalue weighted by Gasteiger charge is 2.40. The molecule has 0 aromatic carbocycles. The summed E-state index contributed by atoms with van der Waals surface area (Å²) in [5, 5.41) is 7.33. The van der Waals surface area contributed by atoms with Crippen molar-refractivity contribution in [3.63, 3.8) is 0 Å². The average Bonchev–Trinajstić information content (AvgIpc) is 2.82. The van der Waals surface area contributed by atoms with E-state index in [1.807, 2.05) is 16.9 Å². The number of rotatable bonds is 3. The normalized spacial score (nSPS) is 30.2. The van der Waals surface area contributed by atoms with Crippen molar-refractivity contribution in [2.75, 3.05) is 7.05 Å². The molecule has 88 valence electrons. The Labute approximate surface area is 95.0 Å². The quantitative estimate of drug-likeness (QED) is 0.779. The lowest BCUT2D eigenvalue weighted by atomic mass is 9.78. The van der Waals surface area contributed by atoms with Crippen LogP contribution in [-0.4, -0.2) is 28.3 Å². The summed E-state index contributed by atoms with van der Waals surface area (Å²) in [6, 6.07) is 2.17. The average molecular weight is 222 g/mol. The number of carbonyl (C=O) groups excluding carboxylic acids is 1. The van der Waals surface area contributed by atoms with Gasteiger partial charge in [0.15, 0.2) is 0 Å². The monoisotopic (exact) mass is 222 g/mol. The third kappa shape index (κ3) is 1.82. The van der Waals surface area contributed by atoms with Crippen molar-refractivity contribution in [1.82, 2.24) is 15.1 Å². The molecule has 3 N–H and O–H groups in total. The molecule has 1 saturated carbocycles. The lowest BCUT2D eigenvalue weighted by Crippen LogP contribution is -2.56. The zero-order chi connectivity index (χ0) is 11.6. The van der Waals surface area contributed by atoms with E-state index in [4.69, 9.17) is 5.73 Å². The molecular formula is C11H18N4O. The van der Waals surface area contributed by atoms with E-state index in [1.165, 1.54) is 0 Å². The van der Waals surface area contributed by atoms with Crippen molar-refractivity contribution in [1.29, 1.82) is 0 Å². The maximum atomic E-state index is 11.6. The maximum Gasteiger partial charge on any atom is 0.237 e. The number of aromatic nitrogens is 2. The summed E-state index contributed by atoms with van der Waals surface area (Å²) in [5.74, 6) is -0.258. The Bertz CT molecular complexity index is 362. The van der Waals surface area contributed by atoms with Crippen LogP contribution in [0.4, 0.5) is 0 Å². The van der Waals surface area contributed by atoms with Gasteiger partial charge < -0.3 is 11.1 Å². The highest BCUT2D eigenvalue weighted by Crippen LogP contribution is 2.34. The second-order valence-electron chi connectivity index (χ2n) is 4.43. The molecule has 0 bridgehead atoms. The fourth-order valence-corrected chi connectivity index (χ4v) is 2.54. The van der Waals surface area contributed by atoms with Crippen LogP contribution in [0.25, 0.3) is 0 Å². The molecule has 0 saturated heterocycles. The van der Waals surface area contributed by atoms with Gasteiger partial charge >= 0.3 is 0 Å². The Kier molecular flexibility index (Phi) is 2.96. The van der Waals surface area contributed by atoms with E-state index >= 15 is 0 Å².